The molecule has 0 fully saturated rings. The average molecular weight is 406 g/mol. The van der Waals surface area contributed by atoms with Crippen molar-refractivity contribution < 1.29 is 28.7 Å². The fourth-order valence-electron chi connectivity index (χ4n) is 1.47. The molecule has 0 aromatic carbocycles. The Morgan fingerprint density at radius 2 is 1.20 bits per heavy atom. The van der Waals surface area contributed by atoms with Gasteiger partial charge in [0.25, 0.3) is 0 Å². The van der Waals surface area contributed by atoms with E-state index in [1.165, 1.54) is 0 Å². The number of hydrogen-bond donors (Lipinski definition) is 4. The second-order valence-electron chi connectivity index (χ2n) is 4.07. The first-order chi connectivity index (χ1) is 7.64. The third-order valence-electron chi connectivity index (χ3n) is 2.10. The molecule has 0 bridgehead atoms. The minimum atomic E-state index is -4.28. The molecule has 12 heteroatoms. The largest absolute Gasteiger partial charge is 0.339 e. The van der Waals surface area contributed by atoms with Crippen molar-refractivity contribution in [2.24, 2.45) is 0 Å². The summed E-state index contributed by atoms with van der Waals surface area (Å²) in [5.74, 6) is 0. The van der Waals surface area contributed by atoms with Crippen molar-refractivity contribution in [1.29, 1.82) is 0 Å². The van der Waals surface area contributed by atoms with Gasteiger partial charge in [-0.15, -0.1) is 0 Å². The summed E-state index contributed by atoms with van der Waals surface area (Å²) in [6.07, 6.45) is 2.37. The van der Waals surface area contributed by atoms with Crippen LogP contribution in [0.15, 0.2) is 0 Å². The Morgan fingerprint density at radius 3 is 1.50 bits per heavy atom. The Bertz CT molecular complexity index is 287. The topological polar surface area (TPSA) is 118 Å². The van der Waals surface area contributed by atoms with E-state index in [2.05, 4.69) is 0 Å². The molecule has 0 spiro atoms. The molecule has 0 aliphatic carbocycles. The molecule has 7 nitrogen and oxygen atoms in total. The van der Waals surface area contributed by atoms with Gasteiger partial charge in [-0.05, 0) is 13.0 Å². The van der Waals surface area contributed by atoms with E-state index in [0.29, 0.717) is 6.42 Å². The molecular weight excluding hydrogens is 385 g/mol. The third kappa shape index (κ3) is 25.4. The molecule has 0 rings (SSSR count). The van der Waals surface area contributed by atoms with E-state index in [1.54, 1.807) is 0 Å². The van der Waals surface area contributed by atoms with Gasteiger partial charge in [-0.3, -0.25) is 14.0 Å². The molecule has 3 radical (unpaired) electrons. The zero-order valence-corrected chi connectivity index (χ0v) is 24.1. The normalized spacial score (nSPS) is 11.3. The zero-order chi connectivity index (χ0) is 13.5. The molecule has 0 atom stereocenters. The van der Waals surface area contributed by atoms with Crippen LogP contribution in [-0.2, 0) is 9.13 Å². The summed E-state index contributed by atoms with van der Waals surface area (Å²) < 4.78 is 21.6. The molecule has 0 heterocycles. The van der Waals surface area contributed by atoms with Gasteiger partial charge < -0.3 is 19.6 Å². The van der Waals surface area contributed by atoms with E-state index >= 15 is 0 Å². The Morgan fingerprint density at radius 1 is 0.800 bits per heavy atom. The van der Waals surface area contributed by atoms with Crippen LogP contribution in [0.4, 0.5) is 0 Å². The van der Waals surface area contributed by atoms with Gasteiger partial charge >= 0.3 is 15.2 Å². The predicted molar refractivity (Wildman–Crippen MR) is 81.9 cm³/mol. The molecule has 0 saturated heterocycles. The van der Waals surface area contributed by atoms with Gasteiger partial charge in [0.15, 0.2) is 0 Å². The fraction of sp³-hybridized carbons (Fsp3) is 1.00. The zero-order valence-electron chi connectivity index (χ0n) is 12.9. The van der Waals surface area contributed by atoms with E-state index in [4.69, 9.17) is 19.6 Å². The van der Waals surface area contributed by atoms with Crippen molar-refractivity contribution in [2.45, 2.75) is 32.6 Å². The van der Waals surface area contributed by atoms with Crippen LogP contribution in [0.25, 0.3) is 0 Å². The average Bonchev–Trinajstić information content (AvgIpc) is 2.06. The maximum absolute atomic E-state index is 10.8. The van der Waals surface area contributed by atoms with Crippen LogP contribution in [0.2, 0.25) is 0 Å². The van der Waals surface area contributed by atoms with Gasteiger partial charge in [-0.1, -0.05) is 26.2 Å². The van der Waals surface area contributed by atoms with Crippen molar-refractivity contribution in [1.82, 2.24) is 4.90 Å². The monoisotopic (exact) mass is 406 g/mol. The first kappa shape index (κ1) is 32.8. The van der Waals surface area contributed by atoms with Crippen LogP contribution in [-0.4, -0.2) is 198 Å². The van der Waals surface area contributed by atoms with Gasteiger partial charge in [0.2, 0.25) is 0 Å². The van der Waals surface area contributed by atoms with E-state index < -0.39 is 27.8 Å². The van der Waals surface area contributed by atoms with Gasteiger partial charge in [-0.25, -0.2) is 0 Å². The molecule has 0 aromatic rings. The number of hydrogen-bond acceptors (Lipinski definition) is 3. The fourth-order valence-corrected chi connectivity index (χ4v) is 3.15. The van der Waals surface area contributed by atoms with Crippen LogP contribution in [0, 0.1) is 0 Å². The molecule has 0 aliphatic heterocycles. The smallest absolute Gasteiger partial charge is 0.324 e. The van der Waals surface area contributed by atoms with Gasteiger partial charge in [0.05, 0.1) is 0 Å². The third-order valence-corrected chi connectivity index (χ3v) is 3.63. The number of rotatable bonds is 9. The maximum Gasteiger partial charge on any atom is 0.339 e. The molecular formula is C8H21K3NO6P2. The summed E-state index contributed by atoms with van der Waals surface area (Å²) in [5, 5.41) is 0. The standard InChI is InChI=1S/C8H21NO6P2.3K/c1-2-3-4-5-6-9(7-16(10,11)12)8-17(13,14)15;;;/h2-8H2,1H3,(H2,10,11,12)(H2,13,14,15);;;. The molecule has 0 unspecified atom stereocenters. The van der Waals surface area contributed by atoms with Crippen molar-refractivity contribution in [3.05, 3.63) is 0 Å². The first-order valence-electron chi connectivity index (χ1n) is 5.45. The number of unbranched alkanes of at least 4 members (excludes halogenated alkanes) is 3. The van der Waals surface area contributed by atoms with Crippen molar-refractivity contribution >= 4 is 169 Å². The summed E-state index contributed by atoms with van der Waals surface area (Å²) in [5.41, 5.74) is 0. The van der Waals surface area contributed by atoms with Crippen LogP contribution >= 0.6 is 15.2 Å². The summed E-state index contributed by atoms with van der Waals surface area (Å²) in [7, 11) is -8.56. The van der Waals surface area contributed by atoms with Crippen LogP contribution < -0.4 is 0 Å². The molecule has 0 saturated carbocycles. The molecule has 4 N–H and O–H groups in total. The second-order valence-corrected chi connectivity index (χ2v) is 7.29. The minimum Gasteiger partial charge on any atom is -0.324 e. The van der Waals surface area contributed by atoms with Crippen LogP contribution in [0.1, 0.15) is 32.6 Å². The molecule has 0 amide bonds. The summed E-state index contributed by atoms with van der Waals surface area (Å²) in [4.78, 5) is 36.4. The van der Waals surface area contributed by atoms with Gasteiger partial charge in [0.1, 0.15) is 12.6 Å². The van der Waals surface area contributed by atoms with E-state index in [0.717, 1.165) is 24.2 Å². The quantitative estimate of drug-likeness (QED) is 0.242. The Hall–Kier alpha value is 5.17. The Kier molecular flexibility index (Phi) is 28.8. The predicted octanol–water partition coefficient (Wildman–Crippen LogP) is -0.00330. The summed E-state index contributed by atoms with van der Waals surface area (Å²) >= 11 is 0. The minimum absolute atomic E-state index is 0. The van der Waals surface area contributed by atoms with Crippen molar-refractivity contribution in [3.8, 4) is 0 Å². The van der Waals surface area contributed by atoms with Crippen molar-refractivity contribution in [2.75, 3.05) is 19.1 Å². The molecule has 107 valence electrons. The summed E-state index contributed by atoms with van der Waals surface area (Å²) in [6.45, 7) is 2.32. The molecule has 20 heavy (non-hydrogen) atoms. The molecule has 0 aliphatic rings. The number of nitrogens with zero attached hydrogens (tertiary/aromatic N) is 1. The SMILES string of the molecule is CCCCCCN(CP(=O)(O)O)CP(=O)(O)O.[K].[K].[K]. The van der Waals surface area contributed by atoms with Gasteiger partial charge in [-0.2, -0.15) is 0 Å². The first-order valence-corrected chi connectivity index (χ1v) is 9.05. The van der Waals surface area contributed by atoms with E-state index in [-0.39, 0.29) is 161 Å². The van der Waals surface area contributed by atoms with E-state index in [9.17, 15) is 9.13 Å². The summed E-state index contributed by atoms with van der Waals surface area (Å²) in [6, 6.07) is 0. The van der Waals surface area contributed by atoms with Crippen LogP contribution in [0.3, 0.4) is 0 Å². The Balaban J connectivity index is -0.000000427. The van der Waals surface area contributed by atoms with Crippen molar-refractivity contribution in [3.63, 3.8) is 0 Å². The molecule has 0 aromatic heterocycles. The van der Waals surface area contributed by atoms with Crippen LogP contribution in [0.5, 0.6) is 0 Å². The Labute approximate surface area is 248 Å². The van der Waals surface area contributed by atoms with Gasteiger partial charge in [0, 0.05) is 154 Å². The van der Waals surface area contributed by atoms with E-state index in [1.807, 2.05) is 6.92 Å². The second kappa shape index (κ2) is 17.6. The maximum atomic E-state index is 10.8.